The van der Waals surface area contributed by atoms with Crippen molar-refractivity contribution in [3.05, 3.63) is 65.7 Å². The second-order valence-corrected chi connectivity index (χ2v) is 28.1. The van der Waals surface area contributed by atoms with Crippen molar-refractivity contribution in [1.29, 1.82) is 0 Å². The molecule has 9 amide bonds. The first kappa shape index (κ1) is 81.3. The Hall–Kier alpha value is -7.11. The van der Waals surface area contributed by atoms with Crippen LogP contribution in [0.15, 0.2) is 54.6 Å². The summed E-state index contributed by atoms with van der Waals surface area (Å²) in [7, 11) is 11.9. The molecule has 2 heterocycles. The molecule has 0 spiro atoms. The monoisotopic (exact) mass is 1340 g/mol. The Morgan fingerprint density at radius 3 is 1.86 bits per heavy atom. The van der Waals surface area contributed by atoms with E-state index in [0.29, 0.717) is 63.8 Å². The quantitative estimate of drug-likeness (QED) is 0.0417. The number of benzene rings is 2. The number of urea groups is 1. The minimum absolute atomic E-state index is 0.0135. The van der Waals surface area contributed by atoms with Gasteiger partial charge in [0.05, 0.1) is 42.8 Å². The van der Waals surface area contributed by atoms with Crippen LogP contribution in [0.25, 0.3) is 0 Å². The fourth-order valence-corrected chi connectivity index (χ4v) is 14.1. The highest BCUT2D eigenvalue weighted by Crippen LogP contribution is 2.33. The van der Waals surface area contributed by atoms with Gasteiger partial charge in [-0.3, -0.25) is 52.8 Å². The molecule has 0 unspecified atom stereocenters. The maximum Gasteiger partial charge on any atom is 0.312 e. The predicted molar refractivity (Wildman–Crippen MR) is 371 cm³/mol. The van der Waals surface area contributed by atoms with Crippen molar-refractivity contribution in [1.82, 2.24) is 40.4 Å². The third-order valence-electron chi connectivity index (χ3n) is 19.8. The minimum atomic E-state index is -0.949. The lowest BCUT2D eigenvalue weighted by Crippen LogP contribution is -2.54. The Kier molecular flexibility index (Phi) is 33.8. The first-order valence-electron chi connectivity index (χ1n) is 34.8. The van der Waals surface area contributed by atoms with Crippen molar-refractivity contribution in [2.75, 3.05) is 81.0 Å². The lowest BCUT2D eigenvalue weighted by molar-refractivity contribution is -0.149. The Morgan fingerprint density at radius 1 is 0.677 bits per heavy atom. The summed E-state index contributed by atoms with van der Waals surface area (Å²) < 4.78 is 12.3. The second kappa shape index (κ2) is 39.9. The number of rotatable bonds is 40. The molecule has 23 nitrogen and oxygen atoms in total. The van der Waals surface area contributed by atoms with Gasteiger partial charge in [0.1, 0.15) is 5.78 Å². The van der Waals surface area contributed by atoms with Gasteiger partial charge in [-0.15, -0.1) is 0 Å². The molecule has 2 aliphatic rings. The maximum atomic E-state index is 14.7. The van der Waals surface area contributed by atoms with Crippen LogP contribution < -0.4 is 27.0 Å². The SMILES string of the molecule is CC[C@H](C)[C@@H]([C@@H](CC(=O)N1CCC[C@H]1[C@H](OC)[C@@H](C)C(=O)C[C@@H](Cc1ccccc1)C(=O)N(C)Cc1ccc(NC(=O)[C@H](CCCNC(N)=O)CC(=O)[C@@H](NC(=O)CCC(=O)N2CCC(C(=O)NC)CC2)C(C)C)cc1)OC)N(C)C(=O)[C@@H](CC(=O)[C@H](C(C)C)N(C)C)C(C)C. The normalized spacial score (nSPS) is 17.5. The molecular weight excluding hydrogens is 1220 g/mol. The number of carbonyl (C=O) groups is 11. The molecule has 2 aliphatic heterocycles. The van der Waals surface area contributed by atoms with E-state index in [2.05, 4.69) is 21.3 Å². The molecule has 0 aliphatic carbocycles. The first-order valence-corrected chi connectivity index (χ1v) is 34.8. The Bertz CT molecular complexity index is 2870. The summed E-state index contributed by atoms with van der Waals surface area (Å²) in [5.74, 6) is -5.92. The standard InChI is InChI=1S/C73H116N10O13/c1-17-48(8)67(81(14)72(93)56(45(2)3)42-60(86)66(47(6)7)79(11)12)61(95-15)43-64(89)83-36-22-26-57(83)68(96-16)49(9)58(84)41-54(39-50-23-19-18-20-24-50)71(92)80(13)44-51-27-29-55(30-28-51)77-70(91)53(25-21-35-76-73(74)94)40-59(85)65(46(4)5)78-62(87)31-32-63(88)82-37-33-52(34-38-82)69(90)75-10/h18-20,23-24,27-30,45-49,52-54,56-57,61,65-68H,17,21-22,25-26,31-44H2,1-16H3,(H,75,90)(H,77,91)(H,78,87)(H3,74,76,94)/t48-,49-,53+,54+,56-,57-,61+,65-,66-,67-,68+/m0/s1. The van der Waals surface area contributed by atoms with Crippen LogP contribution >= 0.6 is 0 Å². The maximum absolute atomic E-state index is 14.7. The smallest absolute Gasteiger partial charge is 0.312 e. The Balaban J connectivity index is 1.45. The summed E-state index contributed by atoms with van der Waals surface area (Å²) in [5.41, 5.74) is 7.33. The molecule has 2 saturated heterocycles. The zero-order valence-electron chi connectivity index (χ0n) is 60.4. The fourth-order valence-electron chi connectivity index (χ4n) is 14.1. The number of carbonyl (C=O) groups excluding carboxylic acids is 11. The van der Waals surface area contributed by atoms with E-state index in [9.17, 15) is 52.7 Å². The number of hydrogen-bond donors (Lipinski definition) is 5. The second-order valence-electron chi connectivity index (χ2n) is 28.1. The molecule has 0 bridgehead atoms. The van der Waals surface area contributed by atoms with Crippen molar-refractivity contribution >= 4 is 70.4 Å². The van der Waals surface area contributed by atoms with Crippen molar-refractivity contribution in [3.63, 3.8) is 0 Å². The molecule has 0 aromatic heterocycles. The summed E-state index contributed by atoms with van der Waals surface area (Å²) in [4.78, 5) is 159. The van der Waals surface area contributed by atoms with Crippen molar-refractivity contribution < 1.29 is 62.2 Å². The lowest BCUT2D eigenvalue weighted by atomic mass is 9.83. The van der Waals surface area contributed by atoms with E-state index in [1.807, 2.05) is 90.9 Å². The average molecular weight is 1340 g/mol. The van der Waals surface area contributed by atoms with Gasteiger partial charge in [0.2, 0.25) is 41.4 Å². The molecule has 4 rings (SSSR count). The number of likely N-dealkylation sites (N-methyl/N-ethyl adjacent to an activating group) is 2. The third-order valence-corrected chi connectivity index (χ3v) is 19.8. The van der Waals surface area contributed by atoms with Gasteiger partial charge < -0.3 is 56.1 Å². The summed E-state index contributed by atoms with van der Waals surface area (Å²) in [5, 5.41) is 10.9. The number of amides is 9. The molecule has 0 saturated carbocycles. The summed E-state index contributed by atoms with van der Waals surface area (Å²) >= 11 is 0. The lowest BCUT2D eigenvalue weighted by Gasteiger charge is -2.41. The summed E-state index contributed by atoms with van der Waals surface area (Å²) in [6.45, 7) is 19.0. The number of anilines is 1. The number of primary amides is 1. The molecule has 2 aromatic carbocycles. The van der Waals surface area contributed by atoms with E-state index in [4.69, 9.17) is 15.2 Å². The number of Topliss-reactive ketones (excluding diaryl/α,β-unsaturated/α-hetero) is 3. The van der Waals surface area contributed by atoms with E-state index in [0.717, 1.165) is 11.1 Å². The minimum Gasteiger partial charge on any atom is -0.379 e. The van der Waals surface area contributed by atoms with Crippen molar-refractivity contribution in [2.24, 2.45) is 59.0 Å². The van der Waals surface area contributed by atoms with Gasteiger partial charge in [-0.1, -0.05) is 111 Å². The average Bonchev–Trinajstić information content (AvgIpc) is 1.49. The van der Waals surface area contributed by atoms with Gasteiger partial charge in [-0.05, 0) is 106 Å². The molecule has 23 heteroatoms. The van der Waals surface area contributed by atoms with Crippen LogP contribution in [0.1, 0.15) is 157 Å². The molecule has 536 valence electrons. The molecule has 6 N–H and O–H groups in total. The van der Waals surface area contributed by atoms with Crippen LogP contribution in [-0.2, 0) is 70.4 Å². The molecule has 11 atom stereocenters. The van der Waals surface area contributed by atoms with Crippen LogP contribution in [0.2, 0.25) is 0 Å². The van der Waals surface area contributed by atoms with Gasteiger partial charge in [0.25, 0.3) is 0 Å². The molecule has 2 fully saturated rings. The van der Waals surface area contributed by atoms with Crippen LogP contribution in [0, 0.1) is 53.3 Å². The largest absolute Gasteiger partial charge is 0.379 e. The topological polar surface area (TPSA) is 297 Å². The van der Waals surface area contributed by atoms with E-state index in [1.54, 1.807) is 100.0 Å². The number of nitrogens with zero attached hydrogens (tertiary/aromatic N) is 5. The van der Waals surface area contributed by atoms with Gasteiger partial charge in [-0.25, -0.2) is 4.79 Å². The van der Waals surface area contributed by atoms with E-state index >= 15 is 0 Å². The number of likely N-dealkylation sites (tertiary alicyclic amines) is 2. The number of piperidine rings is 1. The number of methoxy groups -OCH3 is 2. The van der Waals surface area contributed by atoms with E-state index in [1.165, 1.54) is 0 Å². The molecule has 0 radical (unpaired) electrons. The van der Waals surface area contributed by atoms with Crippen molar-refractivity contribution in [3.8, 4) is 0 Å². The Labute approximate surface area is 571 Å². The van der Waals surface area contributed by atoms with E-state index < -0.39 is 71.9 Å². The molecule has 2 aromatic rings. The summed E-state index contributed by atoms with van der Waals surface area (Å²) in [6, 6.07) is 13.5. The van der Waals surface area contributed by atoms with Gasteiger partial charge in [0, 0.05) is 135 Å². The first-order chi connectivity index (χ1) is 45.4. The highest BCUT2D eigenvalue weighted by atomic mass is 16.5. The van der Waals surface area contributed by atoms with Crippen LogP contribution in [0.4, 0.5) is 10.5 Å². The third kappa shape index (κ3) is 24.2. The zero-order chi connectivity index (χ0) is 71.7. The summed E-state index contributed by atoms with van der Waals surface area (Å²) in [6.07, 6.45) is 1.99. The number of ether oxygens (including phenoxy) is 2. The molecular formula is C73H116N10O13. The van der Waals surface area contributed by atoms with Crippen LogP contribution in [0.5, 0.6) is 0 Å². The number of nitrogens with two attached hydrogens (primary N) is 1. The Morgan fingerprint density at radius 2 is 1.31 bits per heavy atom. The van der Waals surface area contributed by atoms with Gasteiger partial charge in [0.15, 0.2) is 11.6 Å². The number of ketones is 3. The number of nitrogens with one attached hydrogen (secondary N) is 4. The van der Waals surface area contributed by atoms with Crippen LogP contribution in [-0.4, -0.2) is 201 Å². The van der Waals surface area contributed by atoms with E-state index in [-0.39, 0.29) is 147 Å². The van der Waals surface area contributed by atoms with Crippen LogP contribution in [0.3, 0.4) is 0 Å². The highest BCUT2D eigenvalue weighted by Gasteiger charge is 2.44. The molecule has 96 heavy (non-hydrogen) atoms. The zero-order valence-corrected chi connectivity index (χ0v) is 60.4. The number of hydrogen-bond acceptors (Lipinski definition) is 14. The van der Waals surface area contributed by atoms with Gasteiger partial charge >= 0.3 is 6.03 Å². The predicted octanol–water partition coefficient (Wildman–Crippen LogP) is 7.07. The van der Waals surface area contributed by atoms with Crippen molar-refractivity contribution in [2.45, 2.75) is 195 Å². The highest BCUT2D eigenvalue weighted by molar-refractivity contribution is 5.98. The fraction of sp³-hybridized carbons (Fsp3) is 0.685. The van der Waals surface area contributed by atoms with Gasteiger partial charge in [-0.2, -0.15) is 0 Å².